The number of nitrogens with zero attached hydrogens (tertiary/aromatic N) is 4. The van der Waals surface area contributed by atoms with Gasteiger partial charge in [0.2, 0.25) is 0 Å². The van der Waals surface area contributed by atoms with E-state index in [4.69, 9.17) is 9.47 Å². The zero-order chi connectivity index (χ0) is 22.9. The lowest BCUT2D eigenvalue weighted by Gasteiger charge is -2.15. The Balaban J connectivity index is 1.67. The van der Waals surface area contributed by atoms with Gasteiger partial charge in [-0.2, -0.15) is 0 Å². The van der Waals surface area contributed by atoms with Crippen molar-refractivity contribution >= 4 is 19.1 Å². The normalized spacial score (nSPS) is 11.9. The molecule has 0 bridgehead atoms. The summed E-state index contributed by atoms with van der Waals surface area (Å²) in [6.45, 7) is 10.3. The Hall–Kier alpha value is -2.97. The largest absolute Gasteiger partial charge is 0.494 e. The minimum absolute atomic E-state index is 0.197. The molecule has 32 heavy (non-hydrogen) atoms. The fraction of sp³-hybridized carbons (Fsp3) is 0.333. The molecule has 0 aliphatic heterocycles. The Morgan fingerprint density at radius 3 is 2.66 bits per heavy atom. The van der Waals surface area contributed by atoms with Crippen LogP contribution in [0.5, 0.6) is 5.75 Å². The SMILES string of the molecule is COc1cc(-n2ccnc2-c2cc(C)c3ncn(COCC[Si](C)(C)C)c3c2)ccc1F. The molecule has 0 aliphatic rings. The number of fused-ring (bicyclic) bond motifs is 1. The second kappa shape index (κ2) is 8.88. The molecule has 0 aliphatic carbocycles. The summed E-state index contributed by atoms with van der Waals surface area (Å²) in [5.74, 6) is 0.562. The highest BCUT2D eigenvalue weighted by Crippen LogP contribution is 2.29. The fourth-order valence-electron chi connectivity index (χ4n) is 3.63. The van der Waals surface area contributed by atoms with Crippen molar-refractivity contribution in [2.45, 2.75) is 39.3 Å². The molecule has 0 N–H and O–H groups in total. The quantitative estimate of drug-likeness (QED) is 0.256. The lowest BCUT2D eigenvalue weighted by atomic mass is 10.1. The van der Waals surface area contributed by atoms with Gasteiger partial charge in [0.05, 0.1) is 30.2 Å². The summed E-state index contributed by atoms with van der Waals surface area (Å²) in [4.78, 5) is 9.16. The van der Waals surface area contributed by atoms with Crippen molar-refractivity contribution in [3.63, 3.8) is 0 Å². The maximum atomic E-state index is 13.9. The summed E-state index contributed by atoms with van der Waals surface area (Å²) in [7, 11) is 0.330. The van der Waals surface area contributed by atoms with Crippen molar-refractivity contribution in [3.05, 3.63) is 60.4 Å². The van der Waals surface area contributed by atoms with Crippen LogP contribution in [-0.4, -0.2) is 40.9 Å². The third-order valence-corrected chi connectivity index (χ3v) is 7.16. The second-order valence-corrected chi connectivity index (χ2v) is 14.8. The summed E-state index contributed by atoms with van der Waals surface area (Å²) in [5.41, 5.74) is 4.73. The first-order valence-corrected chi connectivity index (χ1v) is 14.4. The Morgan fingerprint density at radius 2 is 1.91 bits per heavy atom. The summed E-state index contributed by atoms with van der Waals surface area (Å²) in [6.07, 6.45) is 5.42. The number of ether oxygens (including phenoxy) is 2. The van der Waals surface area contributed by atoms with E-state index >= 15 is 0 Å². The maximum Gasteiger partial charge on any atom is 0.165 e. The Kier molecular flexibility index (Phi) is 6.17. The average Bonchev–Trinajstić information content (AvgIpc) is 3.38. The van der Waals surface area contributed by atoms with Crippen molar-refractivity contribution in [2.75, 3.05) is 13.7 Å². The van der Waals surface area contributed by atoms with Crippen LogP contribution in [0.2, 0.25) is 25.7 Å². The summed E-state index contributed by atoms with van der Waals surface area (Å²) >= 11 is 0. The van der Waals surface area contributed by atoms with E-state index in [0.717, 1.165) is 46.3 Å². The van der Waals surface area contributed by atoms with E-state index < -0.39 is 13.9 Å². The van der Waals surface area contributed by atoms with Gasteiger partial charge >= 0.3 is 0 Å². The third-order valence-electron chi connectivity index (χ3n) is 5.45. The topological polar surface area (TPSA) is 54.1 Å². The smallest absolute Gasteiger partial charge is 0.165 e. The summed E-state index contributed by atoms with van der Waals surface area (Å²) in [5, 5.41) is 0. The number of imidazole rings is 2. The average molecular weight is 453 g/mol. The molecule has 8 heteroatoms. The van der Waals surface area contributed by atoms with Gasteiger partial charge in [-0.25, -0.2) is 14.4 Å². The van der Waals surface area contributed by atoms with E-state index in [0.29, 0.717) is 6.73 Å². The molecule has 0 spiro atoms. The predicted octanol–water partition coefficient (Wildman–Crippen LogP) is 5.66. The first kappa shape index (κ1) is 22.2. The molecule has 168 valence electrons. The molecule has 0 saturated carbocycles. The third kappa shape index (κ3) is 4.61. The minimum Gasteiger partial charge on any atom is -0.494 e. The number of aryl methyl sites for hydroxylation is 1. The molecule has 6 nitrogen and oxygen atoms in total. The number of hydrogen-bond acceptors (Lipinski definition) is 4. The van der Waals surface area contributed by atoms with E-state index in [9.17, 15) is 4.39 Å². The zero-order valence-corrected chi connectivity index (χ0v) is 20.2. The molecule has 0 amide bonds. The Bertz CT molecular complexity index is 1240. The molecule has 0 atom stereocenters. The van der Waals surface area contributed by atoms with Crippen molar-refractivity contribution in [1.82, 2.24) is 19.1 Å². The van der Waals surface area contributed by atoms with Gasteiger partial charge in [0.1, 0.15) is 12.6 Å². The number of methoxy groups -OCH3 is 1. The van der Waals surface area contributed by atoms with Gasteiger partial charge in [0.25, 0.3) is 0 Å². The number of aromatic nitrogens is 4. The Labute approximate surface area is 188 Å². The number of halogens is 1. The highest BCUT2D eigenvalue weighted by atomic mass is 28.3. The highest BCUT2D eigenvalue weighted by molar-refractivity contribution is 6.76. The van der Waals surface area contributed by atoms with E-state index in [2.05, 4.69) is 41.7 Å². The van der Waals surface area contributed by atoms with Gasteiger partial charge in [0.15, 0.2) is 11.6 Å². The minimum atomic E-state index is -1.13. The summed E-state index contributed by atoms with van der Waals surface area (Å²) < 4.78 is 28.9. The van der Waals surface area contributed by atoms with Crippen molar-refractivity contribution < 1.29 is 13.9 Å². The van der Waals surface area contributed by atoms with Crippen LogP contribution in [0.1, 0.15) is 5.56 Å². The molecular formula is C24H29FN4O2Si. The molecular weight excluding hydrogens is 423 g/mol. The fourth-order valence-corrected chi connectivity index (χ4v) is 4.39. The van der Waals surface area contributed by atoms with Gasteiger partial charge in [-0.05, 0) is 42.8 Å². The number of rotatable bonds is 8. The van der Waals surface area contributed by atoms with Crippen molar-refractivity contribution in [1.29, 1.82) is 0 Å². The standard InChI is InChI=1S/C24H29FN4O2Si/c1-17-12-18(13-21-23(17)27-15-28(21)16-31-10-11-32(3,4)5)24-26-8-9-29(24)19-6-7-20(25)22(14-19)30-2/h6-9,12-15H,10-11,16H2,1-5H3. The van der Waals surface area contributed by atoms with Crippen LogP contribution in [0.4, 0.5) is 4.39 Å². The van der Waals surface area contributed by atoms with Crippen LogP contribution in [0.3, 0.4) is 0 Å². The van der Waals surface area contributed by atoms with Gasteiger partial charge in [-0.15, -0.1) is 0 Å². The van der Waals surface area contributed by atoms with Crippen molar-refractivity contribution in [2.24, 2.45) is 0 Å². The van der Waals surface area contributed by atoms with Gasteiger partial charge in [-0.1, -0.05) is 19.6 Å². The molecule has 0 unspecified atom stereocenters. The van der Waals surface area contributed by atoms with Crippen molar-refractivity contribution in [3.8, 4) is 22.8 Å². The monoisotopic (exact) mass is 452 g/mol. The van der Waals surface area contributed by atoms with E-state index in [-0.39, 0.29) is 5.75 Å². The van der Waals surface area contributed by atoms with Crippen LogP contribution < -0.4 is 4.74 Å². The molecule has 2 aromatic heterocycles. The van der Waals surface area contributed by atoms with E-state index in [1.54, 1.807) is 18.3 Å². The van der Waals surface area contributed by atoms with E-state index in [1.807, 2.05) is 28.6 Å². The molecule has 4 aromatic rings. The first-order valence-electron chi connectivity index (χ1n) is 10.7. The molecule has 0 fully saturated rings. The molecule has 0 radical (unpaired) electrons. The van der Waals surface area contributed by atoms with Crippen LogP contribution in [0.15, 0.2) is 49.1 Å². The van der Waals surface area contributed by atoms with E-state index in [1.165, 1.54) is 13.2 Å². The van der Waals surface area contributed by atoms with Crippen LogP contribution in [-0.2, 0) is 11.5 Å². The lowest BCUT2D eigenvalue weighted by molar-refractivity contribution is 0.0898. The van der Waals surface area contributed by atoms with Gasteiger partial charge < -0.3 is 14.0 Å². The lowest BCUT2D eigenvalue weighted by Crippen LogP contribution is -2.21. The molecule has 2 heterocycles. The van der Waals surface area contributed by atoms with Gasteiger partial charge in [-0.3, -0.25) is 4.57 Å². The molecule has 2 aromatic carbocycles. The number of hydrogen-bond donors (Lipinski definition) is 0. The number of benzene rings is 2. The highest BCUT2D eigenvalue weighted by Gasteiger charge is 2.15. The van der Waals surface area contributed by atoms with Gasteiger partial charge in [0, 0.05) is 38.7 Å². The maximum absolute atomic E-state index is 13.9. The van der Waals surface area contributed by atoms with Crippen LogP contribution >= 0.6 is 0 Å². The zero-order valence-electron chi connectivity index (χ0n) is 19.2. The summed E-state index contributed by atoms with van der Waals surface area (Å²) in [6, 6.07) is 10.1. The molecule has 4 rings (SSSR count). The van der Waals surface area contributed by atoms with Crippen LogP contribution in [0, 0.1) is 12.7 Å². The first-order chi connectivity index (χ1) is 15.3. The van der Waals surface area contributed by atoms with Crippen LogP contribution in [0.25, 0.3) is 28.1 Å². The molecule has 0 saturated heterocycles. The Morgan fingerprint density at radius 1 is 1.09 bits per heavy atom. The predicted molar refractivity (Wildman–Crippen MR) is 128 cm³/mol. The second-order valence-electron chi connectivity index (χ2n) is 9.16.